The second kappa shape index (κ2) is 3.62. The Morgan fingerprint density at radius 2 is 1.94 bits per heavy atom. The molecule has 0 spiro atoms. The maximum Gasteiger partial charge on any atom is 0.227 e. The van der Waals surface area contributed by atoms with Crippen LogP contribution in [0, 0.1) is 17.6 Å². The Balaban J connectivity index is 2.90. The average molecular weight is 231 g/mol. The maximum absolute atomic E-state index is 13.3. The van der Waals surface area contributed by atoms with Gasteiger partial charge in [0.25, 0.3) is 0 Å². The topological polar surface area (TPSA) is 22.0 Å². The van der Waals surface area contributed by atoms with Crippen molar-refractivity contribution < 1.29 is 22.4 Å². The van der Waals surface area contributed by atoms with Crippen LogP contribution in [0.3, 0.4) is 0 Å². The van der Waals surface area contributed by atoms with Gasteiger partial charge in [0.05, 0.1) is 5.52 Å². The van der Waals surface area contributed by atoms with E-state index in [-0.39, 0.29) is 0 Å². The number of aromatic nitrogens is 1. The zero-order chi connectivity index (χ0) is 11.9. The fourth-order valence-corrected chi connectivity index (χ4v) is 1.61. The Hall–Kier alpha value is -1.85. The van der Waals surface area contributed by atoms with Crippen LogP contribution in [0.15, 0.2) is 12.1 Å². The number of aldehydes is 1. The highest BCUT2D eigenvalue weighted by atomic mass is 19.2. The molecule has 0 aliphatic rings. The normalized spacial score (nSPS) is 11.0. The molecule has 0 atom stereocenters. The second-order valence-corrected chi connectivity index (χ2v) is 3.20. The summed E-state index contributed by atoms with van der Waals surface area (Å²) in [5.74, 6) is -3.49. The van der Waals surface area contributed by atoms with E-state index in [1.54, 1.807) is 0 Å². The number of benzene rings is 1. The molecule has 2 rings (SSSR count). The first-order valence-electron chi connectivity index (χ1n) is 4.34. The van der Waals surface area contributed by atoms with E-state index in [0.29, 0.717) is 18.4 Å². The van der Waals surface area contributed by atoms with Gasteiger partial charge in [-0.3, -0.25) is 0 Å². The Kier molecular flexibility index (Phi) is 2.41. The molecule has 1 heterocycles. The van der Waals surface area contributed by atoms with Gasteiger partial charge in [-0.05, 0) is 0 Å². The summed E-state index contributed by atoms with van der Waals surface area (Å²) in [6, 6.07) is 1.17. The van der Waals surface area contributed by atoms with Crippen LogP contribution in [0.5, 0.6) is 0 Å². The van der Waals surface area contributed by atoms with Gasteiger partial charge in [0, 0.05) is 29.5 Å². The number of hydrogen-bond donors (Lipinski definition) is 0. The quantitative estimate of drug-likeness (QED) is 0.575. The summed E-state index contributed by atoms with van der Waals surface area (Å²) >= 11 is 0. The number of fused-ring (bicyclic) bond motifs is 1. The summed E-state index contributed by atoms with van der Waals surface area (Å²) < 4.78 is 52.6. The first-order valence-corrected chi connectivity index (χ1v) is 4.34. The molecule has 0 unspecified atom stereocenters. The van der Waals surface area contributed by atoms with Crippen molar-refractivity contribution in [1.82, 2.24) is 4.79 Å². The Labute approximate surface area is 87.0 Å². The highest BCUT2D eigenvalue weighted by Gasteiger charge is 2.21. The first kappa shape index (κ1) is 10.7. The first-order chi connectivity index (χ1) is 7.56. The van der Waals surface area contributed by atoms with Crippen LogP contribution < -0.4 is 0 Å². The zero-order valence-corrected chi connectivity index (χ0v) is 7.81. The molecule has 2 aromatic rings. The number of carbonyl (C=O) groups is 1. The molecule has 0 bridgehead atoms. The molecule has 2 nitrogen and oxygen atoms in total. The maximum atomic E-state index is 13.3. The molecule has 1 aromatic carbocycles. The van der Waals surface area contributed by atoms with Gasteiger partial charge in [0.15, 0.2) is 0 Å². The number of halogens is 4. The Bertz CT molecular complexity index is 576. The largest absolute Gasteiger partial charge is 0.303 e. The van der Waals surface area contributed by atoms with E-state index in [1.807, 2.05) is 0 Å². The molecule has 0 aliphatic heterocycles. The molecule has 16 heavy (non-hydrogen) atoms. The Morgan fingerprint density at radius 1 is 1.25 bits per heavy atom. The number of carbonyl (C=O) groups excluding carboxylic acids is 1. The lowest BCUT2D eigenvalue weighted by Gasteiger charge is -1.95. The summed E-state index contributed by atoms with van der Waals surface area (Å²) in [6.07, 6.45) is -0.150. The molecule has 1 aromatic heterocycles. The van der Waals surface area contributed by atoms with Crippen LogP contribution >= 0.6 is 0 Å². The number of rotatable bonds is 2. The van der Waals surface area contributed by atoms with Crippen molar-refractivity contribution >= 4 is 17.2 Å². The molecule has 0 aliphatic carbocycles. The minimum atomic E-state index is -1.38. The molecule has 0 saturated heterocycles. The van der Waals surface area contributed by atoms with Gasteiger partial charge >= 0.3 is 0 Å². The predicted molar refractivity (Wildman–Crippen MR) is 48.1 cm³/mol. The van der Waals surface area contributed by atoms with Crippen LogP contribution in [-0.4, -0.2) is 11.1 Å². The van der Waals surface area contributed by atoms with E-state index >= 15 is 0 Å². The number of hydrogen-bond acceptors (Lipinski definition) is 1. The molecule has 0 saturated carbocycles. The molecule has 0 fully saturated rings. The van der Waals surface area contributed by atoms with Crippen molar-refractivity contribution in [3.63, 3.8) is 0 Å². The summed E-state index contributed by atoms with van der Waals surface area (Å²) in [5.41, 5.74) is -0.975. The van der Waals surface area contributed by atoms with Gasteiger partial charge in [-0.15, -0.1) is 0 Å². The zero-order valence-electron chi connectivity index (χ0n) is 7.81. The Morgan fingerprint density at radius 3 is 2.56 bits per heavy atom. The second-order valence-electron chi connectivity index (χ2n) is 3.20. The predicted octanol–water partition coefficient (Wildman–Crippen LogP) is 2.53. The van der Waals surface area contributed by atoms with Crippen LogP contribution in [0.1, 0.15) is 5.56 Å². The molecule has 84 valence electrons. The lowest BCUT2D eigenvalue weighted by atomic mass is 10.1. The third-order valence-corrected chi connectivity index (χ3v) is 2.26. The summed E-state index contributed by atoms with van der Waals surface area (Å²) in [6.45, 7) is 0. The molecule has 0 radical (unpaired) electrons. The summed E-state index contributed by atoms with van der Waals surface area (Å²) in [5, 5.41) is -0.409. The van der Waals surface area contributed by atoms with Crippen LogP contribution in [0.25, 0.3) is 10.9 Å². The fraction of sp³-hybridized carbons (Fsp3) is 0.100. The van der Waals surface area contributed by atoms with Crippen molar-refractivity contribution in [3.05, 3.63) is 35.3 Å². The SMILES string of the molecule is O=CCc1c(F)n(F)c2cc(F)cc(F)c12. The molecular formula is C10H5F4NO. The highest BCUT2D eigenvalue weighted by molar-refractivity contribution is 5.86. The van der Waals surface area contributed by atoms with Crippen molar-refractivity contribution in [2.75, 3.05) is 0 Å². The van der Waals surface area contributed by atoms with Crippen LogP contribution in [0.4, 0.5) is 17.7 Å². The molecule has 0 N–H and O–H groups in total. The van der Waals surface area contributed by atoms with Crippen LogP contribution in [-0.2, 0) is 11.2 Å². The van der Waals surface area contributed by atoms with Crippen molar-refractivity contribution in [1.29, 1.82) is 0 Å². The minimum Gasteiger partial charge on any atom is -0.303 e. The monoisotopic (exact) mass is 231 g/mol. The summed E-state index contributed by atoms with van der Waals surface area (Å²) in [7, 11) is 0. The minimum absolute atomic E-state index is 0.320. The average Bonchev–Trinajstić information content (AvgIpc) is 2.44. The van der Waals surface area contributed by atoms with Gasteiger partial charge in [-0.25, -0.2) is 8.78 Å². The standard InChI is InChI=1S/C10H5F4NO/c11-5-3-7(12)9-6(1-2-16)10(13)15(14)8(9)4-5/h2-4H,1H2. The lowest BCUT2D eigenvalue weighted by molar-refractivity contribution is -0.107. The highest BCUT2D eigenvalue weighted by Crippen LogP contribution is 2.28. The lowest BCUT2D eigenvalue weighted by Crippen LogP contribution is -1.91. The summed E-state index contributed by atoms with van der Waals surface area (Å²) in [4.78, 5) is 9.79. The third-order valence-electron chi connectivity index (χ3n) is 2.26. The number of nitrogens with zero attached hydrogens (tertiary/aromatic N) is 1. The van der Waals surface area contributed by atoms with Gasteiger partial charge < -0.3 is 4.79 Å². The van der Waals surface area contributed by atoms with E-state index in [1.165, 1.54) is 0 Å². The van der Waals surface area contributed by atoms with Gasteiger partial charge in [0.1, 0.15) is 17.9 Å². The van der Waals surface area contributed by atoms with E-state index in [2.05, 4.69) is 0 Å². The third kappa shape index (κ3) is 1.37. The van der Waals surface area contributed by atoms with Crippen molar-refractivity contribution in [3.8, 4) is 0 Å². The van der Waals surface area contributed by atoms with Crippen molar-refractivity contribution in [2.45, 2.75) is 6.42 Å². The molecule has 6 heteroatoms. The van der Waals surface area contributed by atoms with E-state index in [0.717, 1.165) is 0 Å². The van der Waals surface area contributed by atoms with Gasteiger partial charge in [0.2, 0.25) is 5.95 Å². The van der Waals surface area contributed by atoms with Gasteiger partial charge in [-0.1, -0.05) is 4.48 Å². The van der Waals surface area contributed by atoms with Crippen molar-refractivity contribution in [2.24, 2.45) is 0 Å². The van der Waals surface area contributed by atoms with Crippen LogP contribution in [0.2, 0.25) is 0 Å². The smallest absolute Gasteiger partial charge is 0.227 e. The fourth-order valence-electron chi connectivity index (χ4n) is 1.61. The van der Waals surface area contributed by atoms with E-state index in [4.69, 9.17) is 0 Å². The van der Waals surface area contributed by atoms with E-state index in [9.17, 15) is 22.4 Å². The van der Waals surface area contributed by atoms with E-state index < -0.39 is 45.3 Å². The van der Waals surface area contributed by atoms with Gasteiger partial charge in [-0.2, -0.15) is 9.18 Å². The molecule has 0 amide bonds. The molecular weight excluding hydrogens is 226 g/mol.